The van der Waals surface area contributed by atoms with Crippen molar-refractivity contribution < 1.29 is 4.79 Å². The van der Waals surface area contributed by atoms with Crippen LogP contribution >= 0.6 is 23.1 Å². The molecule has 0 radical (unpaired) electrons. The summed E-state index contributed by atoms with van der Waals surface area (Å²) in [4.78, 5) is 33.7. The van der Waals surface area contributed by atoms with E-state index >= 15 is 0 Å². The van der Waals surface area contributed by atoms with Gasteiger partial charge in [-0.3, -0.25) is 14.2 Å². The largest absolute Gasteiger partial charge is 0.293 e. The molecule has 1 aliphatic carbocycles. The summed E-state index contributed by atoms with van der Waals surface area (Å²) in [5, 5.41) is 1.51. The fourth-order valence-corrected chi connectivity index (χ4v) is 6.59. The summed E-state index contributed by atoms with van der Waals surface area (Å²) < 4.78 is 1.83. The minimum absolute atomic E-state index is 0.0763. The molecule has 0 bridgehead atoms. The zero-order valence-electron chi connectivity index (χ0n) is 19.7. The number of carbonyl (C=O) groups excluding carboxylic acids is 1. The first-order valence-corrected chi connectivity index (χ1v) is 13.4. The van der Waals surface area contributed by atoms with Crippen LogP contribution < -0.4 is 5.56 Å². The second-order valence-corrected chi connectivity index (χ2v) is 11.4. The van der Waals surface area contributed by atoms with E-state index in [1.807, 2.05) is 24.5 Å². The highest BCUT2D eigenvalue weighted by Gasteiger charge is 2.23. The summed E-state index contributed by atoms with van der Waals surface area (Å²) in [6.07, 6.45) is 5.27. The van der Waals surface area contributed by atoms with Gasteiger partial charge in [0, 0.05) is 17.0 Å². The molecule has 2 aromatic heterocycles. The maximum absolute atomic E-state index is 13.6. The molecule has 3 aromatic rings. The summed E-state index contributed by atoms with van der Waals surface area (Å²) in [7, 11) is 0. The average Bonchev–Trinajstić information content (AvgIpc) is 3.12. The Hall–Kier alpha value is -1.92. The van der Waals surface area contributed by atoms with Gasteiger partial charge in [-0.15, -0.1) is 11.3 Å². The number of hydrogen-bond acceptors (Lipinski definition) is 5. The number of thiophene rings is 1. The zero-order valence-corrected chi connectivity index (χ0v) is 21.3. The molecule has 32 heavy (non-hydrogen) atoms. The maximum atomic E-state index is 13.6. The number of hydrogen-bond donors (Lipinski definition) is 0. The van der Waals surface area contributed by atoms with E-state index in [0.29, 0.717) is 17.6 Å². The number of Topliss-reactive ketones (excluding diaryl/α,β-unsaturated/α-hetero) is 1. The van der Waals surface area contributed by atoms with Gasteiger partial charge in [-0.2, -0.15) is 0 Å². The Kier molecular flexibility index (Phi) is 6.91. The second kappa shape index (κ2) is 9.52. The third-order valence-electron chi connectivity index (χ3n) is 6.44. The number of ketones is 1. The second-order valence-electron chi connectivity index (χ2n) is 9.39. The molecule has 1 aliphatic rings. The van der Waals surface area contributed by atoms with Crippen molar-refractivity contribution >= 4 is 39.1 Å². The lowest BCUT2D eigenvalue weighted by Gasteiger charge is -2.15. The van der Waals surface area contributed by atoms with Gasteiger partial charge in [-0.25, -0.2) is 4.98 Å². The molecular weight excluding hydrogens is 436 g/mol. The fraction of sp³-hybridized carbons (Fsp3) is 0.500. The lowest BCUT2D eigenvalue weighted by molar-refractivity contribution is 0.102. The molecule has 6 heteroatoms. The van der Waals surface area contributed by atoms with Crippen LogP contribution in [0.1, 0.15) is 70.6 Å². The van der Waals surface area contributed by atoms with Gasteiger partial charge in [0.15, 0.2) is 10.9 Å². The van der Waals surface area contributed by atoms with Crippen molar-refractivity contribution in [1.29, 1.82) is 0 Å². The number of rotatable bonds is 7. The molecule has 0 saturated heterocycles. The Morgan fingerprint density at radius 2 is 1.84 bits per heavy atom. The lowest BCUT2D eigenvalue weighted by Crippen LogP contribution is -2.25. The van der Waals surface area contributed by atoms with Crippen LogP contribution in [0.25, 0.3) is 10.2 Å². The van der Waals surface area contributed by atoms with Crippen LogP contribution in [0.4, 0.5) is 0 Å². The molecule has 0 unspecified atom stereocenters. The quantitative estimate of drug-likeness (QED) is 0.232. The summed E-state index contributed by atoms with van der Waals surface area (Å²) in [6.45, 7) is 11.1. The molecule has 4 nitrogen and oxygen atoms in total. The highest BCUT2D eigenvalue weighted by molar-refractivity contribution is 7.99. The van der Waals surface area contributed by atoms with Gasteiger partial charge in [0.2, 0.25) is 0 Å². The molecule has 0 amide bonds. The van der Waals surface area contributed by atoms with Crippen molar-refractivity contribution in [2.24, 2.45) is 5.92 Å². The summed E-state index contributed by atoms with van der Waals surface area (Å²) in [6, 6.07) is 4.07. The number of fused-ring (bicyclic) bond motifs is 3. The Morgan fingerprint density at radius 1 is 1.12 bits per heavy atom. The molecule has 0 N–H and O–H groups in total. The topological polar surface area (TPSA) is 52.0 Å². The summed E-state index contributed by atoms with van der Waals surface area (Å²) >= 11 is 3.08. The first kappa shape index (κ1) is 23.2. The van der Waals surface area contributed by atoms with Crippen LogP contribution in [0.15, 0.2) is 22.1 Å². The molecule has 170 valence electrons. The standard InChI is InChI=1S/C26H32N2O2S2/c1-15(2)10-11-28-25(30)23-19-8-6-7-9-22(19)32-24(23)27-26(28)31-14-21(29)20-13-17(4)16(3)12-18(20)5/h12-13,15H,6-11,14H2,1-5H3. The van der Waals surface area contributed by atoms with Crippen LogP contribution in [0.5, 0.6) is 0 Å². The van der Waals surface area contributed by atoms with Gasteiger partial charge in [-0.1, -0.05) is 31.7 Å². The molecule has 1 aromatic carbocycles. The lowest BCUT2D eigenvalue weighted by atomic mass is 9.97. The molecule has 4 rings (SSSR count). The number of nitrogens with zero attached hydrogens (tertiary/aromatic N) is 2. The van der Waals surface area contributed by atoms with Crippen LogP contribution in [0, 0.1) is 26.7 Å². The van der Waals surface area contributed by atoms with Crippen molar-refractivity contribution in [3.8, 4) is 0 Å². The minimum atomic E-state index is 0.0763. The number of thioether (sulfide) groups is 1. The normalized spacial score (nSPS) is 13.7. The SMILES string of the molecule is Cc1cc(C)c(C(=O)CSc2nc3sc4c(c3c(=O)n2CCC(C)C)CCCC4)cc1C. The monoisotopic (exact) mass is 468 g/mol. The Labute approximate surface area is 198 Å². The predicted molar refractivity (Wildman–Crippen MR) is 136 cm³/mol. The number of aryl methyl sites for hydroxylation is 5. The van der Waals surface area contributed by atoms with E-state index in [-0.39, 0.29) is 17.1 Å². The fourth-order valence-electron chi connectivity index (χ4n) is 4.38. The minimum Gasteiger partial charge on any atom is -0.293 e. The van der Waals surface area contributed by atoms with Gasteiger partial charge in [0.25, 0.3) is 5.56 Å². The Balaban J connectivity index is 1.69. The van der Waals surface area contributed by atoms with Gasteiger partial charge in [0.1, 0.15) is 4.83 Å². The first-order chi connectivity index (χ1) is 15.3. The van der Waals surface area contributed by atoms with Crippen LogP contribution in [-0.4, -0.2) is 21.1 Å². The molecule has 0 fully saturated rings. The molecule has 2 heterocycles. The van der Waals surface area contributed by atoms with Gasteiger partial charge in [0.05, 0.1) is 11.1 Å². The molecular formula is C26H32N2O2S2. The highest BCUT2D eigenvalue weighted by Crippen LogP contribution is 2.35. The molecule has 0 spiro atoms. The molecule has 0 aliphatic heterocycles. The van der Waals surface area contributed by atoms with E-state index in [1.165, 1.54) is 34.2 Å². The Bertz CT molecular complexity index is 1240. The Morgan fingerprint density at radius 3 is 2.59 bits per heavy atom. The number of benzene rings is 1. The predicted octanol–water partition coefficient (Wildman–Crippen LogP) is 6.28. The third-order valence-corrected chi connectivity index (χ3v) is 8.61. The summed E-state index contributed by atoms with van der Waals surface area (Å²) in [5.74, 6) is 0.867. The van der Waals surface area contributed by atoms with Crippen LogP contribution in [-0.2, 0) is 19.4 Å². The molecule has 0 saturated carbocycles. The van der Waals surface area contributed by atoms with Crippen LogP contribution in [0.3, 0.4) is 0 Å². The van der Waals surface area contributed by atoms with Crippen molar-refractivity contribution in [3.63, 3.8) is 0 Å². The number of carbonyl (C=O) groups is 1. The van der Waals surface area contributed by atoms with E-state index < -0.39 is 0 Å². The van der Waals surface area contributed by atoms with E-state index in [0.717, 1.165) is 52.6 Å². The first-order valence-electron chi connectivity index (χ1n) is 11.5. The van der Waals surface area contributed by atoms with Crippen molar-refractivity contribution in [3.05, 3.63) is 55.2 Å². The van der Waals surface area contributed by atoms with Crippen molar-refractivity contribution in [2.45, 2.75) is 78.4 Å². The van der Waals surface area contributed by atoms with Crippen LogP contribution in [0.2, 0.25) is 0 Å². The van der Waals surface area contributed by atoms with E-state index in [1.54, 1.807) is 11.3 Å². The van der Waals surface area contributed by atoms with Gasteiger partial charge in [-0.05, 0) is 87.1 Å². The van der Waals surface area contributed by atoms with E-state index in [4.69, 9.17) is 4.98 Å². The van der Waals surface area contributed by atoms with Crippen molar-refractivity contribution in [1.82, 2.24) is 9.55 Å². The summed E-state index contributed by atoms with van der Waals surface area (Å²) in [5.41, 5.74) is 5.40. The van der Waals surface area contributed by atoms with Gasteiger partial charge < -0.3 is 0 Å². The highest BCUT2D eigenvalue weighted by atomic mass is 32.2. The average molecular weight is 469 g/mol. The maximum Gasteiger partial charge on any atom is 0.263 e. The zero-order chi connectivity index (χ0) is 23.0. The van der Waals surface area contributed by atoms with E-state index in [2.05, 4.69) is 26.8 Å². The molecule has 0 atom stereocenters. The van der Waals surface area contributed by atoms with Gasteiger partial charge >= 0.3 is 0 Å². The smallest absolute Gasteiger partial charge is 0.263 e. The number of aromatic nitrogens is 2. The van der Waals surface area contributed by atoms with Crippen molar-refractivity contribution in [2.75, 3.05) is 5.75 Å². The third kappa shape index (κ3) is 4.58. The van der Waals surface area contributed by atoms with E-state index in [9.17, 15) is 9.59 Å².